The van der Waals surface area contributed by atoms with Crippen molar-refractivity contribution in [2.75, 3.05) is 18.6 Å². The summed E-state index contributed by atoms with van der Waals surface area (Å²) in [5.74, 6) is 2.98. The molecule has 0 spiro atoms. The lowest BCUT2D eigenvalue weighted by Gasteiger charge is -2.27. The molecule has 2 atom stereocenters. The Morgan fingerprint density at radius 1 is 1.27 bits per heavy atom. The van der Waals surface area contributed by atoms with Crippen molar-refractivity contribution in [1.82, 2.24) is 24.6 Å². The third-order valence-corrected chi connectivity index (χ3v) is 7.86. The van der Waals surface area contributed by atoms with E-state index in [-0.39, 0.29) is 12.0 Å². The van der Waals surface area contributed by atoms with Crippen molar-refractivity contribution in [3.05, 3.63) is 42.0 Å². The van der Waals surface area contributed by atoms with Crippen LogP contribution in [-0.4, -0.2) is 60.0 Å². The van der Waals surface area contributed by atoms with Crippen LogP contribution >= 0.6 is 0 Å². The third-order valence-electron chi connectivity index (χ3n) is 6.47. The molecule has 4 rings (SSSR count). The lowest BCUT2D eigenvalue weighted by atomic mass is 10.0. The van der Waals surface area contributed by atoms with E-state index in [1.54, 1.807) is 6.20 Å². The van der Waals surface area contributed by atoms with Crippen LogP contribution in [0.2, 0.25) is 0 Å². The maximum absolute atomic E-state index is 12.0. The normalized spacial score (nSPS) is 20.2. The van der Waals surface area contributed by atoms with E-state index in [2.05, 4.69) is 28.8 Å². The number of phenols is 1. The van der Waals surface area contributed by atoms with Gasteiger partial charge in [-0.3, -0.25) is 8.89 Å². The Hall–Kier alpha value is -2.52. The SMILES string of the molecule is C=O.CNC(C)CCc1c(O)ccc2c1nc(C(C)Cn1cccn1)n2C1CCS(=O)CC1. The Labute approximate surface area is 197 Å². The number of carbonyl (C=O) groups is 1. The van der Waals surface area contributed by atoms with Gasteiger partial charge < -0.3 is 19.8 Å². The summed E-state index contributed by atoms with van der Waals surface area (Å²) in [6.45, 7) is 7.07. The number of imidazole rings is 1. The standard InChI is InChI=1S/C23H33N5O2S.CH2O/c1-16(15-27-12-4-11-25-27)23-26-22-19(6-5-17(2)24-3)21(29)8-7-20(22)28(23)18-9-13-31(30)14-10-18;1-2/h4,7-8,11-12,16-18,24,29H,5-6,9-10,13-15H2,1-3H3;1H2. The van der Waals surface area contributed by atoms with Crippen LogP contribution in [0.3, 0.4) is 0 Å². The highest BCUT2D eigenvalue weighted by Crippen LogP contribution is 2.36. The van der Waals surface area contributed by atoms with Crippen molar-refractivity contribution >= 4 is 28.6 Å². The molecule has 3 heterocycles. The molecule has 180 valence electrons. The average molecular weight is 474 g/mol. The maximum Gasteiger partial charge on any atom is 0.121 e. The molecule has 1 aromatic carbocycles. The summed E-state index contributed by atoms with van der Waals surface area (Å²) in [6.07, 6.45) is 7.26. The second-order valence-electron chi connectivity index (χ2n) is 8.71. The molecule has 2 N–H and O–H groups in total. The van der Waals surface area contributed by atoms with Gasteiger partial charge in [0.2, 0.25) is 0 Å². The van der Waals surface area contributed by atoms with Crippen molar-refractivity contribution < 1.29 is 14.1 Å². The minimum absolute atomic E-state index is 0.158. The highest BCUT2D eigenvalue weighted by atomic mass is 32.2. The van der Waals surface area contributed by atoms with Gasteiger partial charge in [0, 0.05) is 58.3 Å². The van der Waals surface area contributed by atoms with Crippen molar-refractivity contribution in [3.63, 3.8) is 0 Å². The number of aromatic hydroxyl groups is 1. The van der Waals surface area contributed by atoms with Gasteiger partial charge in [0.05, 0.1) is 17.6 Å². The molecular formula is C24H35N5O3S. The van der Waals surface area contributed by atoms with E-state index in [4.69, 9.17) is 9.78 Å². The Morgan fingerprint density at radius 2 is 2.00 bits per heavy atom. The quantitative estimate of drug-likeness (QED) is 0.521. The fourth-order valence-electron chi connectivity index (χ4n) is 4.52. The molecule has 1 fully saturated rings. The van der Waals surface area contributed by atoms with Crippen LogP contribution in [0.4, 0.5) is 0 Å². The van der Waals surface area contributed by atoms with E-state index in [0.717, 1.165) is 66.2 Å². The summed E-state index contributed by atoms with van der Waals surface area (Å²) in [5.41, 5.74) is 2.90. The predicted octanol–water partition coefficient (Wildman–Crippen LogP) is 3.18. The van der Waals surface area contributed by atoms with Gasteiger partial charge in [0.15, 0.2) is 0 Å². The van der Waals surface area contributed by atoms with E-state index < -0.39 is 10.8 Å². The highest BCUT2D eigenvalue weighted by molar-refractivity contribution is 7.85. The molecule has 0 bridgehead atoms. The molecule has 0 aliphatic carbocycles. The molecule has 0 radical (unpaired) electrons. The number of benzene rings is 1. The Balaban J connectivity index is 0.00000149. The molecule has 2 unspecified atom stereocenters. The van der Waals surface area contributed by atoms with Crippen LogP contribution in [0.15, 0.2) is 30.6 Å². The number of fused-ring (bicyclic) bond motifs is 1. The zero-order chi connectivity index (χ0) is 24.0. The molecule has 1 saturated heterocycles. The van der Waals surface area contributed by atoms with E-state index in [1.807, 2.05) is 42.9 Å². The second-order valence-corrected chi connectivity index (χ2v) is 10.4. The second kappa shape index (κ2) is 11.6. The lowest BCUT2D eigenvalue weighted by Crippen LogP contribution is -2.24. The Morgan fingerprint density at radius 3 is 2.64 bits per heavy atom. The monoisotopic (exact) mass is 473 g/mol. The smallest absolute Gasteiger partial charge is 0.121 e. The number of aryl methyl sites for hydroxylation is 1. The van der Waals surface area contributed by atoms with Crippen LogP contribution in [0.1, 0.15) is 56.5 Å². The first kappa shape index (κ1) is 25.1. The largest absolute Gasteiger partial charge is 0.508 e. The number of carbonyl (C=O) groups excluding carboxylic acids is 1. The maximum atomic E-state index is 12.0. The summed E-state index contributed by atoms with van der Waals surface area (Å²) in [4.78, 5) is 13.1. The minimum Gasteiger partial charge on any atom is -0.508 e. The molecule has 1 aliphatic rings. The van der Waals surface area contributed by atoms with Gasteiger partial charge in [-0.1, -0.05) is 6.92 Å². The minimum atomic E-state index is -0.712. The van der Waals surface area contributed by atoms with Gasteiger partial charge in [0.25, 0.3) is 0 Å². The molecule has 0 saturated carbocycles. The summed E-state index contributed by atoms with van der Waals surface area (Å²) in [7, 11) is 1.25. The molecule has 9 heteroatoms. The topological polar surface area (TPSA) is 102 Å². The van der Waals surface area contributed by atoms with E-state index >= 15 is 0 Å². The first-order chi connectivity index (χ1) is 16.0. The van der Waals surface area contributed by atoms with Crippen molar-refractivity contribution in [2.24, 2.45) is 0 Å². The number of nitrogens with zero attached hydrogens (tertiary/aromatic N) is 4. The van der Waals surface area contributed by atoms with Gasteiger partial charge in [0.1, 0.15) is 18.4 Å². The van der Waals surface area contributed by atoms with Crippen LogP contribution in [-0.2, 0) is 28.6 Å². The van der Waals surface area contributed by atoms with Crippen LogP contribution in [0.5, 0.6) is 5.75 Å². The van der Waals surface area contributed by atoms with Gasteiger partial charge in [-0.25, -0.2) is 4.98 Å². The molecule has 8 nitrogen and oxygen atoms in total. The zero-order valence-electron chi connectivity index (χ0n) is 19.7. The average Bonchev–Trinajstić information content (AvgIpc) is 3.48. The number of hydrogen-bond donors (Lipinski definition) is 2. The number of aromatic nitrogens is 4. The molecular weight excluding hydrogens is 438 g/mol. The zero-order valence-corrected chi connectivity index (χ0v) is 20.6. The van der Waals surface area contributed by atoms with Crippen molar-refractivity contribution in [1.29, 1.82) is 0 Å². The predicted molar refractivity (Wildman–Crippen MR) is 132 cm³/mol. The van der Waals surface area contributed by atoms with Gasteiger partial charge in [-0.15, -0.1) is 0 Å². The van der Waals surface area contributed by atoms with Crippen molar-refractivity contribution in [3.8, 4) is 5.75 Å². The Kier molecular flexibility index (Phi) is 8.80. The Bertz CT molecular complexity index is 1060. The van der Waals surface area contributed by atoms with Crippen molar-refractivity contribution in [2.45, 2.75) is 64.1 Å². The van der Waals surface area contributed by atoms with Crippen LogP contribution < -0.4 is 5.32 Å². The summed E-state index contributed by atoms with van der Waals surface area (Å²) in [5, 5.41) is 18.3. The van der Waals surface area contributed by atoms with E-state index in [9.17, 15) is 9.32 Å². The van der Waals surface area contributed by atoms with Gasteiger partial charge in [-0.2, -0.15) is 5.10 Å². The molecule has 0 amide bonds. The van der Waals surface area contributed by atoms with E-state index in [0.29, 0.717) is 11.8 Å². The molecule has 3 aromatic rings. The lowest BCUT2D eigenvalue weighted by molar-refractivity contribution is -0.0980. The number of hydrogen-bond acceptors (Lipinski definition) is 6. The van der Waals surface area contributed by atoms with E-state index in [1.165, 1.54) is 0 Å². The first-order valence-electron chi connectivity index (χ1n) is 11.5. The molecule has 1 aliphatic heterocycles. The number of nitrogens with one attached hydrogen (secondary N) is 1. The number of rotatable bonds is 8. The van der Waals surface area contributed by atoms with Gasteiger partial charge in [-0.05, 0) is 57.9 Å². The van der Waals surface area contributed by atoms with Crippen LogP contribution in [0.25, 0.3) is 11.0 Å². The highest BCUT2D eigenvalue weighted by Gasteiger charge is 2.27. The summed E-state index contributed by atoms with van der Waals surface area (Å²) >= 11 is 0. The number of phenolic OH excluding ortho intramolecular Hbond substituents is 1. The third kappa shape index (κ3) is 5.70. The molecule has 33 heavy (non-hydrogen) atoms. The summed E-state index contributed by atoms with van der Waals surface area (Å²) in [6, 6.07) is 6.39. The fourth-order valence-corrected chi connectivity index (χ4v) is 5.79. The molecule has 2 aromatic heterocycles. The van der Waals surface area contributed by atoms with Gasteiger partial charge >= 0.3 is 0 Å². The first-order valence-corrected chi connectivity index (χ1v) is 13.0. The fraction of sp³-hybridized carbons (Fsp3) is 0.542. The summed E-state index contributed by atoms with van der Waals surface area (Å²) < 4.78 is 16.3. The van der Waals surface area contributed by atoms with Crippen LogP contribution in [0, 0.1) is 0 Å².